The second kappa shape index (κ2) is 6.46. The fourth-order valence-electron chi connectivity index (χ4n) is 1.70. The molecule has 0 N–H and O–H groups in total. The zero-order valence-electron chi connectivity index (χ0n) is 10.8. The summed E-state index contributed by atoms with van der Waals surface area (Å²) in [5.74, 6) is 1.64. The highest BCUT2D eigenvalue weighted by molar-refractivity contribution is 5.34. The Morgan fingerprint density at radius 1 is 0.947 bits per heavy atom. The summed E-state index contributed by atoms with van der Waals surface area (Å²) in [6, 6.07) is 17.1. The maximum absolute atomic E-state index is 8.69. The summed E-state index contributed by atoms with van der Waals surface area (Å²) in [6.45, 7) is 0.609. The Kier molecular flexibility index (Phi) is 4.41. The van der Waals surface area contributed by atoms with Gasteiger partial charge in [-0.2, -0.15) is 5.26 Å². The summed E-state index contributed by atoms with van der Waals surface area (Å²) in [4.78, 5) is 0. The second-order valence-corrected chi connectivity index (χ2v) is 4.08. The Hall–Kier alpha value is -2.47. The Morgan fingerprint density at radius 3 is 2.16 bits per heavy atom. The molecule has 0 saturated heterocycles. The van der Waals surface area contributed by atoms with Crippen molar-refractivity contribution in [1.29, 1.82) is 5.26 Å². The quantitative estimate of drug-likeness (QED) is 0.821. The number of hydrogen-bond donors (Lipinski definition) is 0. The first kappa shape index (κ1) is 13.0. The van der Waals surface area contributed by atoms with Crippen LogP contribution in [0.5, 0.6) is 11.5 Å². The molecule has 19 heavy (non-hydrogen) atoms. The molecule has 0 fully saturated rings. The number of methoxy groups -OCH3 is 1. The van der Waals surface area contributed by atoms with Gasteiger partial charge < -0.3 is 9.47 Å². The second-order valence-electron chi connectivity index (χ2n) is 4.08. The van der Waals surface area contributed by atoms with Gasteiger partial charge in [-0.05, 0) is 42.0 Å². The zero-order chi connectivity index (χ0) is 13.5. The molecule has 0 aliphatic carbocycles. The molecule has 0 aromatic heterocycles. The van der Waals surface area contributed by atoms with E-state index in [-0.39, 0.29) is 0 Å². The van der Waals surface area contributed by atoms with E-state index in [1.54, 1.807) is 19.2 Å². The van der Waals surface area contributed by atoms with Gasteiger partial charge in [0, 0.05) is 6.42 Å². The average molecular weight is 253 g/mol. The lowest BCUT2D eigenvalue weighted by molar-refractivity contribution is 0.322. The molecule has 3 nitrogen and oxygen atoms in total. The molecule has 0 unspecified atom stereocenters. The minimum Gasteiger partial charge on any atom is -0.497 e. The smallest absolute Gasteiger partial charge is 0.119 e. The number of benzene rings is 2. The van der Waals surface area contributed by atoms with E-state index in [0.29, 0.717) is 12.2 Å². The van der Waals surface area contributed by atoms with Gasteiger partial charge in [0.05, 0.1) is 25.3 Å². The Bertz CT molecular complexity index is 553. The number of rotatable bonds is 5. The molecule has 96 valence electrons. The predicted octanol–water partition coefficient (Wildman–Crippen LogP) is 3.19. The van der Waals surface area contributed by atoms with E-state index in [1.165, 1.54) is 5.56 Å². The van der Waals surface area contributed by atoms with Crippen molar-refractivity contribution in [2.24, 2.45) is 0 Å². The minimum absolute atomic E-state index is 0.609. The van der Waals surface area contributed by atoms with Gasteiger partial charge in [-0.15, -0.1) is 0 Å². The van der Waals surface area contributed by atoms with Gasteiger partial charge in [0.2, 0.25) is 0 Å². The van der Waals surface area contributed by atoms with Crippen LogP contribution in [0, 0.1) is 11.3 Å². The van der Waals surface area contributed by atoms with E-state index in [2.05, 4.69) is 6.07 Å². The Labute approximate surface area is 113 Å². The van der Waals surface area contributed by atoms with Crippen LogP contribution in [-0.2, 0) is 6.42 Å². The van der Waals surface area contributed by atoms with Crippen molar-refractivity contribution in [1.82, 2.24) is 0 Å². The molecule has 0 aliphatic rings. The van der Waals surface area contributed by atoms with E-state index < -0.39 is 0 Å². The SMILES string of the molecule is COc1ccc(CCOc2ccc(C#N)cc2)cc1. The minimum atomic E-state index is 0.609. The van der Waals surface area contributed by atoms with Crippen LogP contribution in [0.3, 0.4) is 0 Å². The maximum atomic E-state index is 8.69. The lowest BCUT2D eigenvalue weighted by atomic mass is 10.1. The lowest BCUT2D eigenvalue weighted by Crippen LogP contribution is -2.01. The van der Waals surface area contributed by atoms with E-state index in [0.717, 1.165) is 17.9 Å². The van der Waals surface area contributed by atoms with Crippen molar-refractivity contribution in [3.05, 3.63) is 59.7 Å². The van der Waals surface area contributed by atoms with Gasteiger partial charge in [0.25, 0.3) is 0 Å². The summed E-state index contributed by atoms with van der Waals surface area (Å²) in [6.07, 6.45) is 0.837. The lowest BCUT2D eigenvalue weighted by Gasteiger charge is -2.07. The summed E-state index contributed by atoms with van der Waals surface area (Å²) >= 11 is 0. The van der Waals surface area contributed by atoms with Gasteiger partial charge in [0.15, 0.2) is 0 Å². The number of hydrogen-bond acceptors (Lipinski definition) is 3. The summed E-state index contributed by atoms with van der Waals surface area (Å²) in [5.41, 5.74) is 1.84. The molecular formula is C16H15NO2. The molecule has 0 radical (unpaired) electrons. The highest BCUT2D eigenvalue weighted by Gasteiger charge is 1.97. The van der Waals surface area contributed by atoms with Gasteiger partial charge in [0.1, 0.15) is 11.5 Å². The molecule has 2 aromatic carbocycles. The molecule has 0 heterocycles. The molecule has 2 rings (SSSR count). The van der Waals surface area contributed by atoms with Crippen molar-refractivity contribution in [3.63, 3.8) is 0 Å². The van der Waals surface area contributed by atoms with Crippen LogP contribution in [0.1, 0.15) is 11.1 Å². The van der Waals surface area contributed by atoms with Gasteiger partial charge in [-0.1, -0.05) is 12.1 Å². The number of nitriles is 1. The monoisotopic (exact) mass is 253 g/mol. The van der Waals surface area contributed by atoms with Crippen molar-refractivity contribution in [2.75, 3.05) is 13.7 Å². The Morgan fingerprint density at radius 2 is 1.58 bits per heavy atom. The predicted molar refractivity (Wildman–Crippen MR) is 73.4 cm³/mol. The largest absolute Gasteiger partial charge is 0.497 e. The van der Waals surface area contributed by atoms with E-state index in [9.17, 15) is 0 Å². The Balaban J connectivity index is 1.83. The summed E-state index contributed by atoms with van der Waals surface area (Å²) < 4.78 is 10.7. The maximum Gasteiger partial charge on any atom is 0.119 e. The van der Waals surface area contributed by atoms with Crippen molar-refractivity contribution < 1.29 is 9.47 Å². The van der Waals surface area contributed by atoms with E-state index in [1.807, 2.05) is 36.4 Å². The first-order valence-electron chi connectivity index (χ1n) is 6.08. The highest BCUT2D eigenvalue weighted by atomic mass is 16.5. The van der Waals surface area contributed by atoms with Gasteiger partial charge in [-0.3, -0.25) is 0 Å². The highest BCUT2D eigenvalue weighted by Crippen LogP contribution is 2.14. The van der Waals surface area contributed by atoms with Crippen LogP contribution in [0.25, 0.3) is 0 Å². The normalized spacial score (nSPS) is 9.68. The summed E-state index contributed by atoms with van der Waals surface area (Å²) in [7, 11) is 1.66. The molecule has 0 saturated carbocycles. The third-order valence-electron chi connectivity index (χ3n) is 2.80. The molecule has 0 aliphatic heterocycles. The van der Waals surface area contributed by atoms with Crippen LogP contribution < -0.4 is 9.47 Å². The molecule has 2 aromatic rings. The van der Waals surface area contributed by atoms with Crippen LogP contribution in [0.4, 0.5) is 0 Å². The van der Waals surface area contributed by atoms with Gasteiger partial charge >= 0.3 is 0 Å². The van der Waals surface area contributed by atoms with Crippen LogP contribution in [0.2, 0.25) is 0 Å². The first-order valence-corrected chi connectivity index (χ1v) is 6.08. The van der Waals surface area contributed by atoms with Crippen molar-refractivity contribution in [2.45, 2.75) is 6.42 Å². The number of ether oxygens (including phenoxy) is 2. The fourth-order valence-corrected chi connectivity index (χ4v) is 1.70. The van der Waals surface area contributed by atoms with Crippen LogP contribution in [-0.4, -0.2) is 13.7 Å². The third kappa shape index (κ3) is 3.75. The van der Waals surface area contributed by atoms with E-state index >= 15 is 0 Å². The molecule has 0 amide bonds. The first-order chi connectivity index (χ1) is 9.31. The topological polar surface area (TPSA) is 42.2 Å². The average Bonchev–Trinajstić information content (AvgIpc) is 2.49. The van der Waals surface area contributed by atoms with Crippen LogP contribution >= 0.6 is 0 Å². The molecule has 0 bridgehead atoms. The van der Waals surface area contributed by atoms with Crippen molar-refractivity contribution in [3.8, 4) is 17.6 Å². The molecular weight excluding hydrogens is 238 g/mol. The number of nitrogens with zero attached hydrogens (tertiary/aromatic N) is 1. The third-order valence-corrected chi connectivity index (χ3v) is 2.80. The zero-order valence-corrected chi connectivity index (χ0v) is 10.8. The van der Waals surface area contributed by atoms with Gasteiger partial charge in [-0.25, -0.2) is 0 Å². The fraction of sp³-hybridized carbons (Fsp3) is 0.188. The van der Waals surface area contributed by atoms with E-state index in [4.69, 9.17) is 14.7 Å². The summed E-state index contributed by atoms with van der Waals surface area (Å²) in [5, 5.41) is 8.69. The molecule has 3 heteroatoms. The molecule has 0 atom stereocenters. The van der Waals surface area contributed by atoms with Crippen LogP contribution in [0.15, 0.2) is 48.5 Å². The standard InChI is InChI=1S/C16H15NO2/c1-18-15-6-2-13(3-7-15)10-11-19-16-8-4-14(12-17)5-9-16/h2-9H,10-11H2,1H3. The molecule has 0 spiro atoms. The van der Waals surface area contributed by atoms with Crippen molar-refractivity contribution >= 4 is 0 Å².